The van der Waals surface area contributed by atoms with E-state index >= 15 is 0 Å². The van der Waals surface area contributed by atoms with Crippen LogP contribution in [0.2, 0.25) is 5.02 Å². The molecule has 1 fully saturated rings. The topological polar surface area (TPSA) is 116 Å². The van der Waals surface area contributed by atoms with E-state index in [1.165, 1.54) is 11.2 Å². The number of halogens is 1. The van der Waals surface area contributed by atoms with Crippen LogP contribution in [0, 0.1) is 11.3 Å². The second-order valence-electron chi connectivity index (χ2n) is 5.76. The maximum absolute atomic E-state index is 12.0. The van der Waals surface area contributed by atoms with Gasteiger partial charge in [-0.1, -0.05) is 32.0 Å². The fourth-order valence-corrected chi connectivity index (χ4v) is 3.20. The Balaban J connectivity index is 0.00000136. The molecule has 1 aliphatic heterocycles. The molecule has 1 aliphatic rings. The van der Waals surface area contributed by atoms with Gasteiger partial charge in [0.1, 0.15) is 24.3 Å². The lowest BCUT2D eigenvalue weighted by molar-refractivity contribution is -0.136. The number of hydrogen-bond donors (Lipinski definition) is 1. The highest BCUT2D eigenvalue weighted by atomic mass is 35.5. The molecule has 0 radical (unpaired) electrons. The fourth-order valence-electron chi connectivity index (χ4n) is 3.00. The Morgan fingerprint density at radius 1 is 1.36 bits per heavy atom. The molecule has 0 bridgehead atoms. The van der Waals surface area contributed by atoms with Crippen LogP contribution in [-0.4, -0.2) is 52.4 Å². The molecule has 0 aliphatic carbocycles. The van der Waals surface area contributed by atoms with E-state index in [9.17, 15) is 14.9 Å². The highest BCUT2D eigenvalue weighted by Crippen LogP contribution is 2.29. The van der Waals surface area contributed by atoms with Gasteiger partial charge < -0.3 is 15.5 Å². The highest BCUT2D eigenvalue weighted by molar-refractivity contribution is 6.32. The van der Waals surface area contributed by atoms with Gasteiger partial charge in [0.2, 0.25) is 11.8 Å². The first-order valence-electron chi connectivity index (χ1n) is 8.78. The number of aromatic nitrogens is 2. The maximum Gasteiger partial charge on any atom is 0.246 e. The lowest BCUT2D eigenvalue weighted by Crippen LogP contribution is -2.59. The summed E-state index contributed by atoms with van der Waals surface area (Å²) in [5.74, 6) is -0.399. The van der Waals surface area contributed by atoms with Gasteiger partial charge in [0.05, 0.1) is 16.1 Å². The zero-order chi connectivity index (χ0) is 20.8. The number of anilines is 1. The molecule has 146 valence electrons. The molecule has 1 aromatic heterocycles. The molecule has 2 aromatic rings. The first-order valence-corrected chi connectivity index (χ1v) is 9.15. The molecule has 2 N–H and O–H groups in total. The number of nitrogens with zero attached hydrogens (tertiary/aromatic N) is 5. The van der Waals surface area contributed by atoms with Crippen LogP contribution in [-0.2, 0) is 9.59 Å². The molecule has 1 aromatic carbocycles. The van der Waals surface area contributed by atoms with Crippen molar-refractivity contribution in [1.29, 1.82) is 5.26 Å². The van der Waals surface area contributed by atoms with Gasteiger partial charge in [-0.05, 0) is 18.2 Å². The molecule has 0 saturated carbocycles. The number of primary amides is 1. The molecule has 2 heterocycles. The minimum absolute atomic E-state index is 0.186. The minimum Gasteiger partial charge on any atom is -0.368 e. The van der Waals surface area contributed by atoms with Crippen molar-refractivity contribution >= 4 is 40.1 Å². The van der Waals surface area contributed by atoms with Gasteiger partial charge in [0.15, 0.2) is 0 Å². The molecule has 1 unspecified atom stereocenters. The minimum atomic E-state index is -0.804. The summed E-state index contributed by atoms with van der Waals surface area (Å²) < 4.78 is 0. The van der Waals surface area contributed by atoms with E-state index in [0.29, 0.717) is 40.4 Å². The fraction of sp³-hybridized carbons (Fsp3) is 0.316. The van der Waals surface area contributed by atoms with E-state index in [2.05, 4.69) is 16.5 Å². The Labute approximate surface area is 168 Å². The summed E-state index contributed by atoms with van der Waals surface area (Å²) in [6.07, 6.45) is 2.55. The van der Waals surface area contributed by atoms with Gasteiger partial charge >= 0.3 is 0 Å². The lowest BCUT2D eigenvalue weighted by atomic mass is 10.1. The van der Waals surface area contributed by atoms with Crippen molar-refractivity contribution in [3.63, 3.8) is 0 Å². The van der Waals surface area contributed by atoms with Crippen LogP contribution in [0.3, 0.4) is 0 Å². The summed E-state index contributed by atoms with van der Waals surface area (Å²) in [7, 11) is 0. The van der Waals surface area contributed by atoms with Crippen LogP contribution < -0.4 is 10.6 Å². The summed E-state index contributed by atoms with van der Waals surface area (Å²) in [6.45, 7) is 8.38. The Kier molecular flexibility index (Phi) is 6.90. The normalized spacial score (nSPS) is 16.0. The van der Waals surface area contributed by atoms with E-state index in [1.54, 1.807) is 12.1 Å². The van der Waals surface area contributed by atoms with Gasteiger partial charge in [-0.3, -0.25) is 9.59 Å². The van der Waals surface area contributed by atoms with Crippen LogP contribution >= 0.6 is 11.6 Å². The molecule has 8 nitrogen and oxygen atoms in total. The summed E-state index contributed by atoms with van der Waals surface area (Å²) >= 11 is 6.06. The number of amides is 2. The average molecular weight is 401 g/mol. The molecule has 3 rings (SSSR count). The molecule has 2 amide bonds. The first kappa shape index (κ1) is 21.1. The monoisotopic (exact) mass is 400 g/mol. The first-order chi connectivity index (χ1) is 13.5. The molecule has 1 saturated heterocycles. The second kappa shape index (κ2) is 9.15. The van der Waals surface area contributed by atoms with Crippen molar-refractivity contribution < 1.29 is 9.59 Å². The number of rotatable bonds is 3. The number of hydrogen-bond acceptors (Lipinski definition) is 6. The smallest absolute Gasteiger partial charge is 0.246 e. The lowest BCUT2D eigenvalue weighted by Gasteiger charge is -2.40. The third-order valence-corrected chi connectivity index (χ3v) is 4.60. The van der Waals surface area contributed by atoms with E-state index < -0.39 is 11.9 Å². The predicted octanol–water partition coefficient (Wildman–Crippen LogP) is 1.87. The van der Waals surface area contributed by atoms with Gasteiger partial charge in [-0.2, -0.15) is 5.26 Å². The van der Waals surface area contributed by atoms with Crippen LogP contribution in [0.15, 0.2) is 31.1 Å². The molecule has 9 heteroatoms. The van der Waals surface area contributed by atoms with E-state index in [1.807, 2.05) is 24.8 Å². The number of carbonyl (C=O) groups excluding carboxylic acids is 2. The van der Waals surface area contributed by atoms with E-state index in [4.69, 9.17) is 17.3 Å². The van der Waals surface area contributed by atoms with E-state index in [-0.39, 0.29) is 12.5 Å². The third kappa shape index (κ3) is 4.05. The number of benzene rings is 1. The Hall–Kier alpha value is -3.18. The van der Waals surface area contributed by atoms with Crippen molar-refractivity contribution in [2.75, 3.05) is 24.5 Å². The van der Waals surface area contributed by atoms with Crippen LogP contribution in [0.25, 0.3) is 10.9 Å². The predicted molar refractivity (Wildman–Crippen MR) is 108 cm³/mol. The third-order valence-electron chi connectivity index (χ3n) is 4.29. The molecular weight excluding hydrogens is 380 g/mol. The van der Waals surface area contributed by atoms with Crippen molar-refractivity contribution in [1.82, 2.24) is 14.9 Å². The number of piperazine rings is 1. The van der Waals surface area contributed by atoms with E-state index in [0.717, 1.165) is 6.08 Å². The summed E-state index contributed by atoms with van der Waals surface area (Å²) in [4.78, 5) is 35.5. The van der Waals surface area contributed by atoms with Gasteiger partial charge in [0.25, 0.3) is 0 Å². The zero-order valence-electron chi connectivity index (χ0n) is 15.7. The Bertz CT molecular complexity index is 955. The zero-order valence-corrected chi connectivity index (χ0v) is 16.5. The standard InChI is InChI=1S/C17H15ClN6O2.C2H6/c1-2-15(25)24-4-3-23(8-14(24)16(20)26)17-11-5-10(7-19)12(18)6-13(11)21-9-22-17;1-2/h2,5-6,9,14H,1,3-4,8H2,(H2,20,26);1-2H3. The molecule has 1 atom stereocenters. The number of carbonyl (C=O) groups is 2. The Morgan fingerprint density at radius 3 is 2.68 bits per heavy atom. The average Bonchev–Trinajstić information content (AvgIpc) is 2.73. The van der Waals surface area contributed by atoms with Crippen LogP contribution in [0.4, 0.5) is 5.82 Å². The van der Waals surface area contributed by atoms with Crippen LogP contribution in [0.1, 0.15) is 19.4 Å². The largest absolute Gasteiger partial charge is 0.368 e. The number of nitrogens with two attached hydrogens (primary N) is 1. The van der Waals surface area contributed by atoms with Crippen molar-refractivity contribution in [2.24, 2.45) is 5.73 Å². The number of nitriles is 1. The number of fused-ring (bicyclic) bond motifs is 1. The quantitative estimate of drug-likeness (QED) is 0.786. The summed E-state index contributed by atoms with van der Waals surface area (Å²) in [6, 6.07) is 4.45. The van der Waals surface area contributed by atoms with Crippen molar-refractivity contribution in [3.8, 4) is 6.07 Å². The summed E-state index contributed by atoms with van der Waals surface area (Å²) in [5.41, 5.74) is 6.37. The van der Waals surface area contributed by atoms with Gasteiger partial charge in [0, 0.05) is 25.0 Å². The SMILES string of the molecule is C=CC(=O)N1CCN(c2ncnc3cc(Cl)c(C#N)cc23)CC1C(N)=O.CC. The van der Waals surface area contributed by atoms with Gasteiger partial charge in [-0.15, -0.1) is 0 Å². The maximum atomic E-state index is 12.0. The summed E-state index contributed by atoms with van der Waals surface area (Å²) in [5, 5.41) is 10.2. The molecule has 0 spiro atoms. The second-order valence-corrected chi connectivity index (χ2v) is 6.17. The van der Waals surface area contributed by atoms with Crippen molar-refractivity contribution in [2.45, 2.75) is 19.9 Å². The Morgan fingerprint density at radius 2 is 2.07 bits per heavy atom. The highest BCUT2D eigenvalue weighted by Gasteiger charge is 2.34. The van der Waals surface area contributed by atoms with Crippen molar-refractivity contribution in [3.05, 3.63) is 41.7 Å². The van der Waals surface area contributed by atoms with Gasteiger partial charge in [-0.25, -0.2) is 9.97 Å². The molecular formula is C19H21ClN6O2. The molecule has 28 heavy (non-hydrogen) atoms. The van der Waals surface area contributed by atoms with Crippen LogP contribution in [0.5, 0.6) is 0 Å².